The minimum absolute atomic E-state index is 0.130. The van der Waals surface area contributed by atoms with Crippen molar-refractivity contribution in [2.24, 2.45) is 0 Å². The molecule has 0 saturated carbocycles. The molecule has 0 radical (unpaired) electrons. The second kappa shape index (κ2) is 8.22. The van der Waals surface area contributed by atoms with E-state index in [9.17, 15) is 13.2 Å². The highest BCUT2D eigenvalue weighted by molar-refractivity contribution is 7.89. The van der Waals surface area contributed by atoms with Gasteiger partial charge in [0.1, 0.15) is 0 Å². The molecular formula is C20H21ClN2O5S. The quantitative estimate of drug-likeness (QED) is 0.739. The number of sulfonamides is 1. The molecule has 2 aromatic rings. The van der Waals surface area contributed by atoms with E-state index in [1.54, 1.807) is 35.2 Å². The predicted molar refractivity (Wildman–Crippen MR) is 108 cm³/mol. The van der Waals surface area contributed by atoms with Crippen molar-refractivity contribution in [1.29, 1.82) is 0 Å². The number of nitrogens with zero attached hydrogens (tertiary/aromatic N) is 2. The average molecular weight is 437 g/mol. The molecule has 1 saturated heterocycles. The number of ether oxygens (including phenoxy) is 2. The third kappa shape index (κ3) is 4.19. The molecule has 29 heavy (non-hydrogen) atoms. The summed E-state index contributed by atoms with van der Waals surface area (Å²) in [5.41, 5.74) is 0.536. The van der Waals surface area contributed by atoms with Crippen LogP contribution in [0.25, 0.3) is 0 Å². The molecule has 2 aliphatic heterocycles. The number of hydrogen-bond donors (Lipinski definition) is 0. The van der Waals surface area contributed by atoms with E-state index >= 15 is 0 Å². The summed E-state index contributed by atoms with van der Waals surface area (Å²) >= 11 is 5.87. The number of halogens is 1. The van der Waals surface area contributed by atoms with E-state index in [0.29, 0.717) is 48.4 Å². The smallest absolute Gasteiger partial charge is 0.253 e. The average Bonchev–Trinajstić information content (AvgIpc) is 2.99. The number of rotatable bonds is 3. The zero-order valence-corrected chi connectivity index (χ0v) is 17.3. The van der Waals surface area contributed by atoms with Gasteiger partial charge in [-0.05, 0) is 36.4 Å². The van der Waals surface area contributed by atoms with Crippen molar-refractivity contribution in [2.75, 3.05) is 39.4 Å². The first-order valence-corrected chi connectivity index (χ1v) is 11.2. The molecule has 0 unspecified atom stereocenters. The van der Waals surface area contributed by atoms with Crippen LogP contribution in [0.1, 0.15) is 16.8 Å². The number of amides is 1. The van der Waals surface area contributed by atoms with E-state index in [2.05, 4.69) is 0 Å². The van der Waals surface area contributed by atoms with Crippen molar-refractivity contribution in [3.05, 3.63) is 53.1 Å². The fraction of sp³-hybridized carbons (Fsp3) is 0.350. The highest BCUT2D eigenvalue weighted by Gasteiger charge is 2.31. The normalized spacial score (nSPS) is 17.6. The maximum atomic E-state index is 13.1. The molecule has 2 heterocycles. The molecular weight excluding hydrogens is 416 g/mol. The van der Waals surface area contributed by atoms with Crippen LogP contribution in [-0.4, -0.2) is 62.9 Å². The first-order chi connectivity index (χ1) is 13.9. The molecule has 0 N–H and O–H groups in total. The minimum Gasteiger partial charge on any atom is -0.490 e. The van der Waals surface area contributed by atoms with Crippen LogP contribution in [0.5, 0.6) is 11.5 Å². The van der Waals surface area contributed by atoms with Crippen molar-refractivity contribution in [2.45, 2.75) is 11.3 Å². The van der Waals surface area contributed by atoms with E-state index in [1.165, 1.54) is 16.4 Å². The Morgan fingerprint density at radius 2 is 1.55 bits per heavy atom. The maximum Gasteiger partial charge on any atom is 0.253 e. The van der Waals surface area contributed by atoms with Crippen LogP contribution in [-0.2, 0) is 10.0 Å². The Bertz CT molecular complexity index is 1000. The monoisotopic (exact) mass is 436 g/mol. The highest BCUT2D eigenvalue weighted by atomic mass is 35.5. The van der Waals surface area contributed by atoms with E-state index in [-0.39, 0.29) is 23.9 Å². The van der Waals surface area contributed by atoms with E-state index in [1.807, 2.05) is 0 Å². The van der Waals surface area contributed by atoms with Gasteiger partial charge in [0, 0.05) is 49.3 Å². The van der Waals surface area contributed by atoms with Gasteiger partial charge >= 0.3 is 0 Å². The first-order valence-electron chi connectivity index (χ1n) is 9.40. The van der Waals surface area contributed by atoms with Gasteiger partial charge in [-0.3, -0.25) is 4.79 Å². The van der Waals surface area contributed by atoms with Crippen LogP contribution in [0.3, 0.4) is 0 Å². The van der Waals surface area contributed by atoms with Crippen LogP contribution in [0.15, 0.2) is 47.4 Å². The summed E-state index contributed by atoms with van der Waals surface area (Å²) in [6, 6.07) is 11.4. The lowest BCUT2D eigenvalue weighted by Gasteiger charge is -2.34. The summed E-state index contributed by atoms with van der Waals surface area (Å²) in [5.74, 6) is 0.870. The highest BCUT2D eigenvalue weighted by Crippen LogP contribution is 2.33. The zero-order chi connectivity index (χ0) is 20.4. The Morgan fingerprint density at radius 3 is 2.24 bits per heavy atom. The summed E-state index contributed by atoms with van der Waals surface area (Å²) in [7, 11) is -3.68. The van der Waals surface area contributed by atoms with Gasteiger partial charge in [-0.2, -0.15) is 4.31 Å². The molecule has 0 aromatic heterocycles. The lowest BCUT2D eigenvalue weighted by Crippen LogP contribution is -2.50. The van der Waals surface area contributed by atoms with Gasteiger partial charge in [-0.25, -0.2) is 8.42 Å². The number of piperazine rings is 1. The fourth-order valence-electron chi connectivity index (χ4n) is 3.36. The van der Waals surface area contributed by atoms with Gasteiger partial charge in [-0.1, -0.05) is 11.6 Å². The zero-order valence-electron chi connectivity index (χ0n) is 15.7. The molecule has 0 spiro atoms. The Balaban J connectivity index is 1.45. The minimum atomic E-state index is -3.68. The second-order valence-corrected chi connectivity index (χ2v) is 9.24. The maximum absolute atomic E-state index is 13.1. The number of carbonyl (C=O) groups excluding carboxylic acids is 1. The molecule has 2 aliphatic rings. The van der Waals surface area contributed by atoms with Crippen molar-refractivity contribution in [3.63, 3.8) is 0 Å². The summed E-state index contributed by atoms with van der Waals surface area (Å²) in [6.45, 7) is 2.15. The van der Waals surface area contributed by atoms with Gasteiger partial charge in [0.2, 0.25) is 10.0 Å². The fourth-order valence-corrected chi connectivity index (χ4v) is 4.92. The van der Waals surface area contributed by atoms with E-state index in [0.717, 1.165) is 6.42 Å². The van der Waals surface area contributed by atoms with Crippen LogP contribution in [0.4, 0.5) is 0 Å². The van der Waals surface area contributed by atoms with Crippen LogP contribution in [0, 0.1) is 0 Å². The molecule has 0 bridgehead atoms. The van der Waals surface area contributed by atoms with Gasteiger partial charge in [-0.15, -0.1) is 0 Å². The molecule has 9 heteroatoms. The van der Waals surface area contributed by atoms with Crippen molar-refractivity contribution < 1.29 is 22.7 Å². The largest absolute Gasteiger partial charge is 0.490 e. The summed E-state index contributed by atoms with van der Waals surface area (Å²) in [5, 5.41) is 0.563. The van der Waals surface area contributed by atoms with Crippen LogP contribution >= 0.6 is 11.6 Å². The lowest BCUT2D eigenvalue weighted by molar-refractivity contribution is 0.0698. The topological polar surface area (TPSA) is 76.2 Å². The third-order valence-corrected chi connectivity index (χ3v) is 7.12. The molecule has 154 valence electrons. The number of benzene rings is 2. The Kier molecular flexibility index (Phi) is 5.67. The van der Waals surface area contributed by atoms with Gasteiger partial charge in [0.05, 0.1) is 18.1 Å². The second-order valence-electron chi connectivity index (χ2n) is 6.86. The Labute approximate surface area is 174 Å². The van der Waals surface area contributed by atoms with Crippen molar-refractivity contribution in [1.82, 2.24) is 9.21 Å². The standard InChI is InChI=1S/C20H21ClN2O5S/c21-16-4-2-15(3-5-16)20(24)22-8-10-23(11-9-22)29(25,26)17-6-7-18-19(14-17)28-13-1-12-27-18/h2-7,14H,1,8-13H2. The molecule has 1 amide bonds. The summed E-state index contributed by atoms with van der Waals surface area (Å²) in [6.07, 6.45) is 0.750. The molecule has 4 rings (SSSR count). The van der Waals surface area contributed by atoms with Gasteiger partial charge < -0.3 is 14.4 Å². The summed E-state index contributed by atoms with van der Waals surface area (Å²) in [4.78, 5) is 14.4. The molecule has 0 aliphatic carbocycles. The van der Waals surface area contributed by atoms with Crippen molar-refractivity contribution in [3.8, 4) is 11.5 Å². The number of fused-ring (bicyclic) bond motifs is 1. The molecule has 0 atom stereocenters. The van der Waals surface area contributed by atoms with Gasteiger partial charge in [0.15, 0.2) is 11.5 Å². The SMILES string of the molecule is O=C(c1ccc(Cl)cc1)N1CCN(S(=O)(=O)c2ccc3c(c2)OCCCO3)CC1. The first kappa shape index (κ1) is 20.0. The van der Waals surface area contributed by atoms with Crippen molar-refractivity contribution >= 4 is 27.5 Å². The van der Waals surface area contributed by atoms with Crippen LogP contribution in [0.2, 0.25) is 5.02 Å². The van der Waals surface area contributed by atoms with Crippen LogP contribution < -0.4 is 9.47 Å². The molecule has 1 fully saturated rings. The molecule has 7 nitrogen and oxygen atoms in total. The number of hydrogen-bond acceptors (Lipinski definition) is 5. The van der Waals surface area contributed by atoms with E-state index in [4.69, 9.17) is 21.1 Å². The lowest BCUT2D eigenvalue weighted by atomic mass is 10.2. The number of carbonyl (C=O) groups is 1. The molecule has 2 aromatic carbocycles. The summed E-state index contributed by atoms with van der Waals surface area (Å²) < 4.78 is 38.7. The van der Waals surface area contributed by atoms with E-state index < -0.39 is 10.0 Å². The Hall–Kier alpha value is -2.29. The predicted octanol–water partition coefficient (Wildman–Crippen LogP) is 2.65. The third-order valence-electron chi connectivity index (χ3n) is 4.97. The Morgan fingerprint density at radius 1 is 0.897 bits per heavy atom. The van der Waals surface area contributed by atoms with Gasteiger partial charge in [0.25, 0.3) is 5.91 Å².